The number of methoxy groups -OCH3 is 2. The van der Waals surface area contributed by atoms with E-state index < -0.39 is 0 Å². The summed E-state index contributed by atoms with van der Waals surface area (Å²) in [4.78, 5) is 28.4. The van der Waals surface area contributed by atoms with Crippen molar-refractivity contribution in [1.82, 2.24) is 15.1 Å². The minimum absolute atomic E-state index is 0.132. The second kappa shape index (κ2) is 12.4. The Kier molecular flexibility index (Phi) is 8.52. The van der Waals surface area contributed by atoms with Crippen LogP contribution in [0.25, 0.3) is 16.9 Å². The molecule has 0 aliphatic carbocycles. The molecule has 5 rings (SSSR count). The van der Waals surface area contributed by atoms with Crippen LogP contribution < -0.4 is 15.0 Å². The summed E-state index contributed by atoms with van der Waals surface area (Å²) in [6.07, 6.45) is 0. The van der Waals surface area contributed by atoms with Gasteiger partial charge in [0.2, 0.25) is 11.8 Å². The molecule has 1 atom stereocenters. The standard InChI is InChI=1S/C31H32N4O4S/c1-21-8-7-11-23(18-21)30-28-29(22-9-5-4-6-10-22)33-35(24-12-14-25(39-3)15-13-24)31(28)34(27(37)20-40-30)19-26(36)32-16-17-38-2/h4-15,18,30H,16-17,19-20H2,1-3H3,(H,32,36)/t30-/m0/s1. The number of nitrogens with one attached hydrogen (secondary N) is 1. The first-order valence-corrected chi connectivity index (χ1v) is 14.1. The van der Waals surface area contributed by atoms with Crippen LogP contribution in [0.15, 0.2) is 78.9 Å². The summed E-state index contributed by atoms with van der Waals surface area (Å²) < 4.78 is 12.2. The summed E-state index contributed by atoms with van der Waals surface area (Å²) in [6.45, 7) is 2.68. The summed E-state index contributed by atoms with van der Waals surface area (Å²) in [5, 5.41) is 7.79. The van der Waals surface area contributed by atoms with Crippen molar-refractivity contribution in [1.29, 1.82) is 0 Å². The molecule has 40 heavy (non-hydrogen) atoms. The lowest BCUT2D eigenvalue weighted by atomic mass is 9.98. The van der Waals surface area contributed by atoms with E-state index in [1.807, 2.05) is 60.7 Å². The first-order chi connectivity index (χ1) is 19.5. The van der Waals surface area contributed by atoms with E-state index in [1.165, 1.54) is 0 Å². The fourth-order valence-electron chi connectivity index (χ4n) is 4.82. The third-order valence-corrected chi connectivity index (χ3v) is 7.98. The van der Waals surface area contributed by atoms with Gasteiger partial charge in [0, 0.05) is 24.8 Å². The van der Waals surface area contributed by atoms with E-state index in [1.54, 1.807) is 35.6 Å². The molecular weight excluding hydrogens is 524 g/mol. The zero-order chi connectivity index (χ0) is 28.1. The molecule has 0 saturated carbocycles. The molecule has 3 aromatic carbocycles. The number of nitrogens with zero attached hydrogens (tertiary/aromatic N) is 3. The molecule has 1 N–H and O–H groups in total. The Balaban J connectivity index is 1.74. The Hall–Kier alpha value is -4.08. The van der Waals surface area contributed by atoms with Crippen molar-refractivity contribution in [3.8, 4) is 22.7 Å². The first kappa shape index (κ1) is 27.5. The van der Waals surface area contributed by atoms with Crippen LogP contribution in [0, 0.1) is 6.92 Å². The van der Waals surface area contributed by atoms with Crippen LogP contribution in [0.1, 0.15) is 21.9 Å². The zero-order valence-electron chi connectivity index (χ0n) is 22.8. The van der Waals surface area contributed by atoms with Gasteiger partial charge in [0.1, 0.15) is 18.1 Å². The number of fused-ring (bicyclic) bond motifs is 1. The van der Waals surface area contributed by atoms with Crippen molar-refractivity contribution >= 4 is 29.4 Å². The van der Waals surface area contributed by atoms with Gasteiger partial charge in [0.25, 0.3) is 0 Å². The molecule has 1 aliphatic heterocycles. The van der Waals surface area contributed by atoms with E-state index >= 15 is 0 Å². The van der Waals surface area contributed by atoms with Gasteiger partial charge >= 0.3 is 0 Å². The summed E-state index contributed by atoms with van der Waals surface area (Å²) >= 11 is 1.56. The summed E-state index contributed by atoms with van der Waals surface area (Å²) in [5.74, 6) is 1.10. The van der Waals surface area contributed by atoms with Gasteiger partial charge < -0.3 is 14.8 Å². The Labute approximate surface area is 238 Å². The second-order valence-corrected chi connectivity index (χ2v) is 10.6. The van der Waals surface area contributed by atoms with E-state index in [0.29, 0.717) is 24.7 Å². The molecular formula is C31H32N4O4S. The van der Waals surface area contributed by atoms with Gasteiger partial charge in [-0.25, -0.2) is 4.68 Å². The van der Waals surface area contributed by atoms with Gasteiger partial charge in [-0.2, -0.15) is 5.10 Å². The topological polar surface area (TPSA) is 85.7 Å². The SMILES string of the molecule is COCCNC(=O)CN1C(=O)CS[C@@H](c2cccc(C)c2)c2c(-c3ccccc3)nn(-c3ccc(OC)cc3)c21. The molecule has 8 nitrogen and oxygen atoms in total. The fourth-order valence-corrected chi connectivity index (χ4v) is 6.01. The van der Waals surface area contributed by atoms with Crippen molar-refractivity contribution in [3.63, 3.8) is 0 Å². The number of thioether (sulfide) groups is 1. The van der Waals surface area contributed by atoms with Crippen LogP contribution in [0.4, 0.5) is 5.82 Å². The van der Waals surface area contributed by atoms with Gasteiger partial charge in [-0.3, -0.25) is 14.5 Å². The van der Waals surface area contributed by atoms with Gasteiger partial charge in [0.05, 0.1) is 36.1 Å². The fraction of sp³-hybridized carbons (Fsp3) is 0.258. The van der Waals surface area contributed by atoms with Crippen LogP contribution in [-0.2, 0) is 14.3 Å². The molecule has 1 aromatic heterocycles. The molecule has 0 saturated heterocycles. The largest absolute Gasteiger partial charge is 0.497 e. The van der Waals surface area contributed by atoms with Crippen molar-refractivity contribution < 1.29 is 19.1 Å². The van der Waals surface area contributed by atoms with Crippen LogP contribution in [0.5, 0.6) is 5.75 Å². The summed E-state index contributed by atoms with van der Waals surface area (Å²) in [7, 11) is 3.20. The highest BCUT2D eigenvalue weighted by Crippen LogP contribution is 2.48. The van der Waals surface area contributed by atoms with Gasteiger partial charge in [-0.15, -0.1) is 11.8 Å². The molecule has 0 fully saturated rings. The Morgan fingerprint density at radius 2 is 1.82 bits per heavy atom. The van der Waals surface area contributed by atoms with Crippen LogP contribution in [0.2, 0.25) is 0 Å². The smallest absolute Gasteiger partial charge is 0.240 e. The van der Waals surface area contributed by atoms with E-state index in [-0.39, 0.29) is 29.4 Å². The summed E-state index contributed by atoms with van der Waals surface area (Å²) in [6, 6.07) is 25.8. The number of carbonyl (C=O) groups is 2. The van der Waals surface area contributed by atoms with Crippen LogP contribution in [-0.4, -0.2) is 61.3 Å². The van der Waals surface area contributed by atoms with E-state index in [0.717, 1.165) is 33.6 Å². The minimum atomic E-state index is -0.265. The van der Waals surface area contributed by atoms with Crippen LogP contribution in [0.3, 0.4) is 0 Å². The molecule has 206 valence electrons. The average molecular weight is 557 g/mol. The molecule has 0 radical (unpaired) electrons. The van der Waals surface area contributed by atoms with Gasteiger partial charge in [-0.1, -0.05) is 60.2 Å². The lowest BCUT2D eigenvalue weighted by molar-refractivity contribution is -0.123. The molecule has 4 aromatic rings. The van der Waals surface area contributed by atoms with Crippen molar-refractivity contribution in [2.45, 2.75) is 12.2 Å². The predicted molar refractivity (Wildman–Crippen MR) is 158 cm³/mol. The molecule has 9 heteroatoms. The Morgan fingerprint density at radius 1 is 1.05 bits per heavy atom. The molecule has 1 aliphatic rings. The van der Waals surface area contributed by atoms with Crippen molar-refractivity contribution in [3.05, 3.63) is 95.6 Å². The number of amides is 2. The number of carbonyl (C=O) groups excluding carboxylic acids is 2. The minimum Gasteiger partial charge on any atom is -0.497 e. The lowest BCUT2D eigenvalue weighted by Gasteiger charge is -2.23. The number of hydrogen-bond acceptors (Lipinski definition) is 6. The van der Waals surface area contributed by atoms with Gasteiger partial charge in [-0.05, 0) is 36.8 Å². The number of hydrogen-bond donors (Lipinski definition) is 1. The zero-order valence-corrected chi connectivity index (χ0v) is 23.6. The quantitative estimate of drug-likeness (QED) is 0.299. The molecule has 0 unspecified atom stereocenters. The average Bonchev–Trinajstić information content (AvgIpc) is 3.30. The Bertz CT molecular complexity index is 1490. The predicted octanol–water partition coefficient (Wildman–Crippen LogP) is 4.79. The number of aromatic nitrogens is 2. The first-order valence-electron chi connectivity index (χ1n) is 13.1. The van der Waals surface area contributed by atoms with E-state index in [2.05, 4.69) is 30.4 Å². The molecule has 0 spiro atoms. The Morgan fingerprint density at radius 3 is 2.52 bits per heavy atom. The van der Waals surface area contributed by atoms with Gasteiger partial charge in [0.15, 0.2) is 0 Å². The monoisotopic (exact) mass is 556 g/mol. The highest BCUT2D eigenvalue weighted by molar-refractivity contribution is 8.00. The maximum absolute atomic E-state index is 13.8. The number of benzene rings is 3. The molecule has 0 bridgehead atoms. The number of anilines is 1. The van der Waals surface area contributed by atoms with E-state index in [9.17, 15) is 9.59 Å². The van der Waals surface area contributed by atoms with Crippen molar-refractivity contribution in [2.75, 3.05) is 44.6 Å². The molecule has 2 heterocycles. The summed E-state index contributed by atoms with van der Waals surface area (Å²) in [5.41, 5.74) is 5.57. The second-order valence-electron chi connectivity index (χ2n) is 9.49. The maximum Gasteiger partial charge on any atom is 0.240 e. The number of ether oxygens (including phenoxy) is 2. The molecule has 2 amide bonds. The maximum atomic E-state index is 13.8. The van der Waals surface area contributed by atoms with Crippen LogP contribution >= 0.6 is 11.8 Å². The third-order valence-electron chi connectivity index (χ3n) is 6.73. The normalized spacial score (nSPS) is 14.9. The van der Waals surface area contributed by atoms with Crippen molar-refractivity contribution in [2.24, 2.45) is 0 Å². The third kappa shape index (κ3) is 5.76. The lowest BCUT2D eigenvalue weighted by Crippen LogP contribution is -2.43. The number of aryl methyl sites for hydroxylation is 1. The van der Waals surface area contributed by atoms with E-state index in [4.69, 9.17) is 14.6 Å². The number of rotatable bonds is 9. The highest BCUT2D eigenvalue weighted by atomic mass is 32.2. The highest BCUT2D eigenvalue weighted by Gasteiger charge is 2.37.